The molecule has 19 heavy (non-hydrogen) atoms. The van der Waals surface area contributed by atoms with Crippen molar-refractivity contribution >= 4 is 0 Å². The monoisotopic (exact) mass is 263 g/mol. The molecule has 0 saturated heterocycles. The van der Waals surface area contributed by atoms with Gasteiger partial charge in [0.1, 0.15) is 0 Å². The molecule has 0 aliphatic carbocycles. The second-order valence-corrected chi connectivity index (χ2v) is 6.15. The maximum absolute atomic E-state index is 5.03. The summed E-state index contributed by atoms with van der Waals surface area (Å²) >= 11 is 0. The van der Waals surface area contributed by atoms with E-state index in [1.807, 2.05) is 0 Å². The molecule has 0 aliphatic heterocycles. The zero-order valence-electron chi connectivity index (χ0n) is 13.1. The summed E-state index contributed by atoms with van der Waals surface area (Å²) < 4.78 is 5.03. The zero-order chi connectivity index (χ0) is 14.3. The summed E-state index contributed by atoms with van der Waals surface area (Å²) in [6, 6.07) is 9.09. The number of hydrogen-bond acceptors (Lipinski definition) is 2. The van der Waals surface area contributed by atoms with Gasteiger partial charge >= 0.3 is 0 Å². The van der Waals surface area contributed by atoms with Gasteiger partial charge in [0.15, 0.2) is 0 Å². The molecule has 0 spiro atoms. The third-order valence-electron chi connectivity index (χ3n) is 3.77. The molecule has 0 saturated carbocycles. The standard InChI is InChI=1S/C17H29NO/c1-14(2)15-6-8-16(9-7-15)17(3,4)10-11-18-12-13-19-5/h6-9,14,18H,10-13H2,1-5H3. The van der Waals surface area contributed by atoms with Crippen molar-refractivity contribution in [3.8, 4) is 0 Å². The molecule has 0 heterocycles. The molecule has 1 N–H and O–H groups in total. The molecule has 108 valence electrons. The van der Waals surface area contributed by atoms with Crippen LogP contribution < -0.4 is 5.32 Å². The highest BCUT2D eigenvalue weighted by molar-refractivity contribution is 5.29. The van der Waals surface area contributed by atoms with E-state index in [-0.39, 0.29) is 5.41 Å². The van der Waals surface area contributed by atoms with Crippen LogP contribution in [0, 0.1) is 0 Å². The quantitative estimate of drug-likeness (QED) is 0.722. The van der Waals surface area contributed by atoms with Gasteiger partial charge in [-0.2, -0.15) is 0 Å². The first-order chi connectivity index (χ1) is 8.97. The van der Waals surface area contributed by atoms with Gasteiger partial charge in [-0.1, -0.05) is 52.0 Å². The Morgan fingerprint density at radius 3 is 2.26 bits per heavy atom. The summed E-state index contributed by atoms with van der Waals surface area (Å²) in [5, 5.41) is 3.42. The average Bonchev–Trinajstić information content (AvgIpc) is 2.38. The van der Waals surface area contributed by atoms with Crippen molar-refractivity contribution < 1.29 is 4.74 Å². The van der Waals surface area contributed by atoms with Gasteiger partial charge < -0.3 is 10.1 Å². The zero-order valence-corrected chi connectivity index (χ0v) is 13.1. The highest BCUT2D eigenvalue weighted by Crippen LogP contribution is 2.27. The van der Waals surface area contributed by atoms with Crippen molar-refractivity contribution in [1.82, 2.24) is 5.32 Å². The molecule has 1 rings (SSSR count). The Hall–Kier alpha value is -0.860. The van der Waals surface area contributed by atoms with Crippen LogP contribution in [-0.2, 0) is 10.2 Å². The Bertz CT molecular complexity index is 354. The highest BCUT2D eigenvalue weighted by Gasteiger charge is 2.19. The van der Waals surface area contributed by atoms with Crippen LogP contribution in [0.2, 0.25) is 0 Å². The number of benzene rings is 1. The molecule has 0 aliphatic rings. The number of methoxy groups -OCH3 is 1. The number of ether oxygens (including phenoxy) is 1. The topological polar surface area (TPSA) is 21.3 Å². The van der Waals surface area contributed by atoms with Crippen molar-refractivity contribution in [3.63, 3.8) is 0 Å². The van der Waals surface area contributed by atoms with Crippen LogP contribution in [0.25, 0.3) is 0 Å². The van der Waals surface area contributed by atoms with E-state index >= 15 is 0 Å². The average molecular weight is 263 g/mol. The summed E-state index contributed by atoms with van der Waals surface area (Å²) in [5.74, 6) is 0.605. The lowest BCUT2D eigenvalue weighted by Crippen LogP contribution is -2.27. The molecular formula is C17H29NO. The maximum atomic E-state index is 5.03. The lowest BCUT2D eigenvalue weighted by molar-refractivity contribution is 0.198. The summed E-state index contributed by atoms with van der Waals surface area (Å²) in [6.45, 7) is 11.8. The van der Waals surface area contributed by atoms with Crippen molar-refractivity contribution in [2.45, 2.75) is 45.4 Å². The van der Waals surface area contributed by atoms with E-state index in [1.54, 1.807) is 7.11 Å². The predicted molar refractivity (Wildman–Crippen MR) is 82.9 cm³/mol. The number of nitrogens with one attached hydrogen (secondary N) is 1. The fraction of sp³-hybridized carbons (Fsp3) is 0.647. The van der Waals surface area contributed by atoms with Gasteiger partial charge in [0.05, 0.1) is 6.61 Å². The molecule has 2 heteroatoms. The van der Waals surface area contributed by atoms with Gasteiger partial charge in [-0.3, -0.25) is 0 Å². The lowest BCUT2D eigenvalue weighted by Gasteiger charge is -2.26. The predicted octanol–water partition coefficient (Wildman–Crippen LogP) is 3.71. The molecule has 0 unspecified atom stereocenters. The van der Waals surface area contributed by atoms with E-state index in [0.29, 0.717) is 5.92 Å². The van der Waals surface area contributed by atoms with Crippen LogP contribution in [0.15, 0.2) is 24.3 Å². The first-order valence-corrected chi connectivity index (χ1v) is 7.27. The summed E-state index contributed by atoms with van der Waals surface area (Å²) in [5.41, 5.74) is 3.05. The molecule has 0 bridgehead atoms. The third-order valence-corrected chi connectivity index (χ3v) is 3.77. The minimum atomic E-state index is 0.218. The first kappa shape index (κ1) is 16.2. The number of rotatable bonds is 8. The molecule has 0 radical (unpaired) electrons. The van der Waals surface area contributed by atoms with E-state index in [9.17, 15) is 0 Å². The van der Waals surface area contributed by atoms with E-state index < -0.39 is 0 Å². The lowest BCUT2D eigenvalue weighted by atomic mass is 9.81. The molecular weight excluding hydrogens is 234 g/mol. The smallest absolute Gasteiger partial charge is 0.0587 e. The van der Waals surface area contributed by atoms with Crippen LogP contribution >= 0.6 is 0 Å². The van der Waals surface area contributed by atoms with Gasteiger partial charge in [-0.15, -0.1) is 0 Å². The van der Waals surface area contributed by atoms with Crippen molar-refractivity contribution in [1.29, 1.82) is 0 Å². The largest absolute Gasteiger partial charge is 0.383 e. The van der Waals surface area contributed by atoms with Gasteiger partial charge in [-0.05, 0) is 35.4 Å². The van der Waals surface area contributed by atoms with Crippen LogP contribution in [0.1, 0.15) is 51.2 Å². The second kappa shape index (κ2) is 7.66. The van der Waals surface area contributed by atoms with Crippen molar-refractivity contribution in [2.24, 2.45) is 0 Å². The van der Waals surface area contributed by atoms with E-state index in [0.717, 1.165) is 26.1 Å². The fourth-order valence-corrected chi connectivity index (χ4v) is 2.16. The Kier molecular flexibility index (Phi) is 6.53. The molecule has 2 nitrogen and oxygen atoms in total. The van der Waals surface area contributed by atoms with E-state index in [2.05, 4.69) is 57.3 Å². The van der Waals surface area contributed by atoms with Gasteiger partial charge in [0.25, 0.3) is 0 Å². The Morgan fingerprint density at radius 1 is 1.11 bits per heavy atom. The molecule has 1 aromatic rings. The normalized spacial score (nSPS) is 12.1. The molecule has 1 aromatic carbocycles. The third kappa shape index (κ3) is 5.33. The van der Waals surface area contributed by atoms with Crippen molar-refractivity contribution in [3.05, 3.63) is 35.4 Å². The maximum Gasteiger partial charge on any atom is 0.0587 e. The van der Waals surface area contributed by atoms with Crippen molar-refractivity contribution in [2.75, 3.05) is 26.8 Å². The summed E-state index contributed by atoms with van der Waals surface area (Å²) in [7, 11) is 1.74. The Morgan fingerprint density at radius 2 is 1.74 bits per heavy atom. The molecule has 0 aromatic heterocycles. The van der Waals surface area contributed by atoms with E-state index in [1.165, 1.54) is 11.1 Å². The fourth-order valence-electron chi connectivity index (χ4n) is 2.16. The van der Waals surface area contributed by atoms with Crippen LogP contribution in [0.4, 0.5) is 0 Å². The highest BCUT2D eigenvalue weighted by atomic mass is 16.5. The molecule has 0 amide bonds. The van der Waals surface area contributed by atoms with E-state index in [4.69, 9.17) is 4.74 Å². The second-order valence-electron chi connectivity index (χ2n) is 6.15. The molecule has 0 atom stereocenters. The SMILES string of the molecule is COCCNCCC(C)(C)c1ccc(C(C)C)cc1. The Balaban J connectivity index is 2.51. The Labute approximate surface area is 118 Å². The first-order valence-electron chi connectivity index (χ1n) is 7.27. The van der Waals surface area contributed by atoms with Gasteiger partial charge in [0, 0.05) is 13.7 Å². The minimum absolute atomic E-state index is 0.218. The van der Waals surface area contributed by atoms with Gasteiger partial charge in [0.2, 0.25) is 0 Å². The minimum Gasteiger partial charge on any atom is -0.383 e. The molecule has 0 fully saturated rings. The van der Waals surface area contributed by atoms with Crippen LogP contribution in [-0.4, -0.2) is 26.8 Å². The summed E-state index contributed by atoms with van der Waals surface area (Å²) in [6.07, 6.45) is 1.14. The van der Waals surface area contributed by atoms with Crippen LogP contribution in [0.3, 0.4) is 0 Å². The van der Waals surface area contributed by atoms with Gasteiger partial charge in [-0.25, -0.2) is 0 Å². The van der Waals surface area contributed by atoms with Crippen LogP contribution in [0.5, 0.6) is 0 Å². The number of hydrogen-bond donors (Lipinski definition) is 1. The summed E-state index contributed by atoms with van der Waals surface area (Å²) in [4.78, 5) is 0.